The highest BCUT2D eigenvalue weighted by atomic mass is 35.5. The van der Waals surface area contributed by atoms with Crippen molar-refractivity contribution < 1.29 is 19.4 Å². The number of carbonyl (C=O) groups is 2. The monoisotopic (exact) mass is 457 g/mol. The van der Waals surface area contributed by atoms with Gasteiger partial charge in [0.1, 0.15) is 6.61 Å². The van der Waals surface area contributed by atoms with Crippen molar-refractivity contribution >= 4 is 35.1 Å². The summed E-state index contributed by atoms with van der Waals surface area (Å²) >= 11 is 12.1. The molecule has 0 bridgehead atoms. The lowest BCUT2D eigenvalue weighted by Gasteiger charge is -2.47. The fourth-order valence-corrected chi connectivity index (χ4v) is 4.61. The van der Waals surface area contributed by atoms with Gasteiger partial charge in [-0.1, -0.05) is 29.3 Å². The Labute approximate surface area is 187 Å². The summed E-state index contributed by atoms with van der Waals surface area (Å²) in [5.41, 5.74) is 0.826. The van der Waals surface area contributed by atoms with Crippen LogP contribution in [0.5, 0.6) is 0 Å². The van der Waals surface area contributed by atoms with Gasteiger partial charge < -0.3 is 19.6 Å². The molecule has 3 rings (SSSR count). The van der Waals surface area contributed by atoms with Crippen LogP contribution >= 0.6 is 23.2 Å². The summed E-state index contributed by atoms with van der Waals surface area (Å²) in [5, 5.41) is 9.83. The number of likely N-dealkylation sites (tertiary alicyclic amines) is 1. The molecule has 2 aliphatic heterocycles. The highest BCUT2D eigenvalue weighted by Gasteiger charge is 2.38. The van der Waals surface area contributed by atoms with Crippen molar-refractivity contribution in [1.82, 2.24) is 14.7 Å². The van der Waals surface area contributed by atoms with Crippen molar-refractivity contribution in [3.8, 4) is 0 Å². The Morgan fingerprint density at radius 1 is 1.10 bits per heavy atom. The molecule has 166 valence electrons. The van der Waals surface area contributed by atoms with E-state index in [4.69, 9.17) is 33.0 Å². The number of hydrogen-bond acceptors (Lipinski definition) is 5. The van der Waals surface area contributed by atoms with Gasteiger partial charge in [-0.05, 0) is 50.7 Å². The number of piperazine rings is 1. The van der Waals surface area contributed by atoms with Crippen LogP contribution in [0.3, 0.4) is 0 Å². The minimum absolute atomic E-state index is 0.0360. The Balaban J connectivity index is 1.75. The van der Waals surface area contributed by atoms with Gasteiger partial charge in [0.25, 0.3) is 0 Å². The predicted molar refractivity (Wildman–Crippen MR) is 116 cm³/mol. The first-order chi connectivity index (χ1) is 14.3. The van der Waals surface area contributed by atoms with Crippen molar-refractivity contribution in [3.05, 3.63) is 33.8 Å². The third-order valence-corrected chi connectivity index (χ3v) is 6.66. The van der Waals surface area contributed by atoms with Crippen LogP contribution in [0.4, 0.5) is 0 Å². The number of benzene rings is 1. The quantitative estimate of drug-likeness (QED) is 0.645. The number of rotatable bonds is 8. The second-order valence-corrected chi connectivity index (χ2v) is 8.86. The van der Waals surface area contributed by atoms with Crippen LogP contribution < -0.4 is 0 Å². The Morgan fingerprint density at radius 3 is 2.50 bits per heavy atom. The van der Waals surface area contributed by atoms with Crippen LogP contribution in [0.25, 0.3) is 0 Å². The lowest BCUT2D eigenvalue weighted by Crippen LogP contribution is -2.64. The molecule has 9 heteroatoms. The number of nitrogens with zero attached hydrogens (tertiary/aromatic N) is 3. The molecule has 1 N–H and O–H groups in total. The summed E-state index contributed by atoms with van der Waals surface area (Å²) in [4.78, 5) is 30.6. The van der Waals surface area contributed by atoms with Gasteiger partial charge in [0.15, 0.2) is 0 Å². The first-order valence-corrected chi connectivity index (χ1v) is 11.1. The van der Waals surface area contributed by atoms with Gasteiger partial charge in [0.2, 0.25) is 5.91 Å². The van der Waals surface area contributed by atoms with Crippen molar-refractivity contribution in [2.75, 3.05) is 53.0 Å². The number of likely N-dealkylation sites (N-methyl/N-ethyl adjacent to an activating group) is 1. The number of aliphatic carboxylic acids is 1. The van der Waals surface area contributed by atoms with Gasteiger partial charge in [-0.3, -0.25) is 9.69 Å². The van der Waals surface area contributed by atoms with Gasteiger partial charge in [-0.15, -0.1) is 0 Å². The van der Waals surface area contributed by atoms with E-state index in [1.54, 1.807) is 12.1 Å². The molecule has 1 aromatic rings. The van der Waals surface area contributed by atoms with Crippen molar-refractivity contribution in [2.24, 2.45) is 0 Å². The first kappa shape index (κ1) is 23.3. The molecule has 2 saturated heterocycles. The standard InChI is InChI=1S/C21H29Cl2N3O4/c1-24-8-9-26(20(27)11-15-4-5-16(22)17(23)10-15)18(12-25-6-2-3-7-25)19(24)13-30-14-21(28)29/h4-5,10,18-19H,2-3,6-9,11-14H2,1H3,(H,28,29)/t18-,19+/m1/s1. The van der Waals surface area contributed by atoms with Crippen molar-refractivity contribution in [2.45, 2.75) is 31.3 Å². The number of carboxylic acid groups (broad SMARTS) is 1. The van der Waals surface area contributed by atoms with E-state index in [9.17, 15) is 9.59 Å². The maximum atomic E-state index is 13.3. The summed E-state index contributed by atoms with van der Waals surface area (Å²) in [7, 11) is 2.01. The zero-order chi connectivity index (χ0) is 21.7. The smallest absolute Gasteiger partial charge is 0.329 e. The van der Waals surface area contributed by atoms with E-state index in [0.717, 1.165) is 25.2 Å². The maximum absolute atomic E-state index is 13.3. The van der Waals surface area contributed by atoms with E-state index in [-0.39, 0.29) is 37.6 Å². The van der Waals surface area contributed by atoms with Crippen LogP contribution in [-0.4, -0.2) is 96.8 Å². The number of ether oxygens (including phenoxy) is 1. The third kappa shape index (κ3) is 6.08. The third-order valence-electron chi connectivity index (χ3n) is 5.92. The van der Waals surface area contributed by atoms with E-state index in [0.29, 0.717) is 23.1 Å². The highest BCUT2D eigenvalue weighted by molar-refractivity contribution is 6.42. The highest BCUT2D eigenvalue weighted by Crippen LogP contribution is 2.25. The number of halogens is 2. The normalized spacial score (nSPS) is 23.1. The zero-order valence-electron chi connectivity index (χ0n) is 17.2. The topological polar surface area (TPSA) is 73.3 Å². The molecule has 2 atom stereocenters. The summed E-state index contributed by atoms with van der Waals surface area (Å²) in [6.07, 6.45) is 2.58. The SMILES string of the molecule is CN1CCN(C(=O)Cc2ccc(Cl)c(Cl)c2)[C@H](CN2CCCC2)[C@@H]1COCC(=O)O. The summed E-state index contributed by atoms with van der Waals surface area (Å²) in [5.74, 6) is -0.953. The van der Waals surface area contributed by atoms with Gasteiger partial charge in [-0.25, -0.2) is 4.79 Å². The average Bonchev–Trinajstić information content (AvgIpc) is 3.20. The summed E-state index contributed by atoms with van der Waals surface area (Å²) in [6.45, 7) is 4.10. The lowest BCUT2D eigenvalue weighted by atomic mass is 10.00. The van der Waals surface area contributed by atoms with E-state index in [2.05, 4.69) is 9.80 Å². The van der Waals surface area contributed by atoms with Crippen LogP contribution in [0, 0.1) is 0 Å². The fourth-order valence-electron chi connectivity index (χ4n) is 4.29. The molecule has 0 unspecified atom stereocenters. The Hall–Kier alpha value is -1.38. The Kier molecular flexibility index (Phi) is 8.36. The number of amides is 1. The molecule has 1 aromatic carbocycles. The minimum Gasteiger partial charge on any atom is -0.480 e. The molecule has 0 saturated carbocycles. The fraction of sp³-hybridized carbons (Fsp3) is 0.619. The molecule has 7 nitrogen and oxygen atoms in total. The van der Waals surface area contributed by atoms with Gasteiger partial charge in [-0.2, -0.15) is 0 Å². The molecule has 0 spiro atoms. The van der Waals surface area contributed by atoms with E-state index in [1.165, 1.54) is 12.8 Å². The Bertz CT molecular complexity index is 758. The van der Waals surface area contributed by atoms with Crippen LogP contribution in [0.15, 0.2) is 18.2 Å². The molecule has 30 heavy (non-hydrogen) atoms. The van der Waals surface area contributed by atoms with Gasteiger partial charge >= 0.3 is 5.97 Å². The van der Waals surface area contributed by atoms with E-state index in [1.807, 2.05) is 18.0 Å². The maximum Gasteiger partial charge on any atom is 0.329 e. The van der Waals surface area contributed by atoms with E-state index >= 15 is 0 Å². The first-order valence-electron chi connectivity index (χ1n) is 10.3. The molecule has 2 aliphatic rings. The number of carbonyl (C=O) groups excluding carboxylic acids is 1. The van der Waals surface area contributed by atoms with Gasteiger partial charge in [0.05, 0.1) is 35.2 Å². The zero-order valence-corrected chi connectivity index (χ0v) is 18.7. The molecule has 0 aliphatic carbocycles. The summed E-state index contributed by atoms with van der Waals surface area (Å²) < 4.78 is 5.45. The van der Waals surface area contributed by atoms with Crippen LogP contribution in [-0.2, 0) is 20.7 Å². The Morgan fingerprint density at radius 2 is 1.83 bits per heavy atom. The second-order valence-electron chi connectivity index (χ2n) is 8.04. The van der Waals surface area contributed by atoms with E-state index < -0.39 is 5.97 Å². The summed E-state index contributed by atoms with van der Waals surface area (Å²) in [6, 6.07) is 5.15. The number of hydrogen-bond donors (Lipinski definition) is 1. The average molecular weight is 458 g/mol. The second kappa shape index (κ2) is 10.8. The molecular formula is C21H29Cl2N3O4. The van der Waals surface area contributed by atoms with Crippen molar-refractivity contribution in [3.63, 3.8) is 0 Å². The molecule has 2 heterocycles. The number of carboxylic acids is 1. The molecular weight excluding hydrogens is 429 g/mol. The molecule has 1 amide bonds. The molecule has 0 aromatic heterocycles. The minimum atomic E-state index is -0.989. The molecule has 2 fully saturated rings. The lowest BCUT2D eigenvalue weighted by molar-refractivity contribution is -0.146. The van der Waals surface area contributed by atoms with Gasteiger partial charge in [0, 0.05) is 19.6 Å². The predicted octanol–water partition coefficient (Wildman–Crippen LogP) is 2.24. The molecule has 0 radical (unpaired) electrons. The van der Waals surface area contributed by atoms with Crippen LogP contribution in [0.1, 0.15) is 18.4 Å². The van der Waals surface area contributed by atoms with Crippen LogP contribution in [0.2, 0.25) is 10.0 Å². The largest absolute Gasteiger partial charge is 0.480 e. The van der Waals surface area contributed by atoms with Crippen molar-refractivity contribution in [1.29, 1.82) is 0 Å².